The van der Waals surface area contributed by atoms with E-state index >= 15 is 0 Å². The Morgan fingerprint density at radius 2 is 2.16 bits per heavy atom. The van der Waals surface area contributed by atoms with Crippen molar-refractivity contribution in [2.24, 2.45) is 0 Å². The summed E-state index contributed by atoms with van der Waals surface area (Å²) in [6.07, 6.45) is 3.52. The lowest BCUT2D eigenvalue weighted by molar-refractivity contribution is 0.0768. The second kappa shape index (κ2) is 4.74. The highest BCUT2D eigenvalue weighted by Gasteiger charge is 2.31. The van der Waals surface area contributed by atoms with E-state index in [0.717, 1.165) is 36.0 Å². The summed E-state index contributed by atoms with van der Waals surface area (Å²) in [4.78, 5) is 4.43. The first-order valence-electron chi connectivity index (χ1n) is 6.59. The summed E-state index contributed by atoms with van der Waals surface area (Å²) < 4.78 is 13.0. The second-order valence-corrected chi connectivity index (χ2v) is 4.97. The zero-order valence-corrected chi connectivity index (χ0v) is 11.3. The highest BCUT2D eigenvalue weighted by atomic mass is 16.5. The molecule has 19 heavy (non-hydrogen) atoms. The van der Waals surface area contributed by atoms with Crippen LogP contribution in [-0.2, 0) is 4.74 Å². The molecule has 2 N–H and O–H groups in total. The Balaban J connectivity index is 2.13. The summed E-state index contributed by atoms with van der Waals surface area (Å²) in [6.45, 7) is 0. The molecule has 5 heteroatoms. The molecule has 0 spiro atoms. The average molecular weight is 261 g/mol. The zero-order chi connectivity index (χ0) is 13.4. The van der Waals surface area contributed by atoms with Crippen LogP contribution in [0, 0.1) is 0 Å². The van der Waals surface area contributed by atoms with Crippen molar-refractivity contribution in [3.05, 3.63) is 18.2 Å². The van der Waals surface area contributed by atoms with Crippen LogP contribution in [0.1, 0.15) is 25.3 Å². The third-order valence-corrected chi connectivity index (χ3v) is 3.98. The molecule has 0 radical (unpaired) electrons. The SMILES string of the molecule is COc1ccc2nc(N)n(C3CCCC3OC)c2c1. The van der Waals surface area contributed by atoms with Gasteiger partial charge in [0.1, 0.15) is 5.75 Å². The lowest BCUT2D eigenvalue weighted by Gasteiger charge is -2.21. The van der Waals surface area contributed by atoms with Gasteiger partial charge in [0.05, 0.1) is 30.3 Å². The van der Waals surface area contributed by atoms with Crippen molar-refractivity contribution in [1.29, 1.82) is 0 Å². The molecule has 2 aromatic rings. The Labute approximate surface area is 112 Å². The molecule has 1 heterocycles. The van der Waals surface area contributed by atoms with Crippen LogP contribution in [0.25, 0.3) is 11.0 Å². The van der Waals surface area contributed by atoms with Gasteiger partial charge in [-0.15, -0.1) is 0 Å². The topological polar surface area (TPSA) is 62.3 Å². The fourth-order valence-corrected chi connectivity index (χ4v) is 3.04. The third-order valence-electron chi connectivity index (χ3n) is 3.98. The zero-order valence-electron chi connectivity index (χ0n) is 11.3. The van der Waals surface area contributed by atoms with E-state index in [2.05, 4.69) is 9.55 Å². The number of imidazole rings is 1. The Morgan fingerprint density at radius 1 is 1.32 bits per heavy atom. The molecule has 2 atom stereocenters. The van der Waals surface area contributed by atoms with Gasteiger partial charge in [0.15, 0.2) is 0 Å². The number of nitrogen functional groups attached to an aromatic ring is 1. The van der Waals surface area contributed by atoms with E-state index in [1.54, 1.807) is 14.2 Å². The molecule has 0 saturated heterocycles. The van der Waals surface area contributed by atoms with E-state index in [9.17, 15) is 0 Å². The highest BCUT2D eigenvalue weighted by molar-refractivity contribution is 5.80. The molecule has 1 aliphatic rings. The van der Waals surface area contributed by atoms with Crippen LogP contribution in [-0.4, -0.2) is 29.9 Å². The fraction of sp³-hybridized carbons (Fsp3) is 0.500. The van der Waals surface area contributed by atoms with Crippen LogP contribution in [0.3, 0.4) is 0 Å². The van der Waals surface area contributed by atoms with E-state index < -0.39 is 0 Å². The molecule has 1 fully saturated rings. The first-order chi connectivity index (χ1) is 9.24. The standard InChI is InChI=1S/C14H19N3O2/c1-18-9-6-7-10-12(8-9)17(14(15)16-10)11-4-3-5-13(11)19-2/h6-8,11,13H,3-5H2,1-2H3,(H2,15,16). The van der Waals surface area contributed by atoms with Crippen molar-refractivity contribution in [3.8, 4) is 5.75 Å². The van der Waals surface area contributed by atoms with Crippen molar-refractivity contribution in [2.45, 2.75) is 31.4 Å². The number of aromatic nitrogens is 2. The van der Waals surface area contributed by atoms with Crippen LogP contribution in [0.2, 0.25) is 0 Å². The summed E-state index contributed by atoms with van der Waals surface area (Å²) in [6, 6.07) is 6.10. The van der Waals surface area contributed by atoms with Crippen molar-refractivity contribution >= 4 is 17.0 Å². The predicted molar refractivity (Wildman–Crippen MR) is 74.4 cm³/mol. The predicted octanol–water partition coefficient (Wildman–Crippen LogP) is 2.37. The van der Waals surface area contributed by atoms with Gasteiger partial charge in [0, 0.05) is 13.2 Å². The molecule has 1 aromatic carbocycles. The minimum atomic E-state index is 0.214. The van der Waals surface area contributed by atoms with E-state index in [1.165, 1.54) is 0 Å². The molecular weight excluding hydrogens is 242 g/mol. The van der Waals surface area contributed by atoms with Crippen LogP contribution < -0.4 is 10.5 Å². The third kappa shape index (κ3) is 1.94. The van der Waals surface area contributed by atoms with E-state index in [1.807, 2.05) is 18.2 Å². The number of methoxy groups -OCH3 is 2. The van der Waals surface area contributed by atoms with Gasteiger partial charge in [-0.05, 0) is 31.4 Å². The van der Waals surface area contributed by atoms with Crippen LogP contribution >= 0.6 is 0 Å². The maximum Gasteiger partial charge on any atom is 0.201 e. The highest BCUT2D eigenvalue weighted by Crippen LogP contribution is 2.37. The molecule has 1 saturated carbocycles. The Kier molecular flexibility index (Phi) is 3.06. The summed E-state index contributed by atoms with van der Waals surface area (Å²) in [5.41, 5.74) is 8.02. The maximum atomic E-state index is 6.10. The number of nitrogens with two attached hydrogens (primary N) is 1. The van der Waals surface area contributed by atoms with Gasteiger partial charge < -0.3 is 19.8 Å². The molecule has 1 aliphatic carbocycles. The van der Waals surface area contributed by atoms with Crippen LogP contribution in [0.4, 0.5) is 5.95 Å². The second-order valence-electron chi connectivity index (χ2n) is 4.97. The van der Waals surface area contributed by atoms with Crippen molar-refractivity contribution in [2.75, 3.05) is 20.0 Å². The van der Waals surface area contributed by atoms with Crippen molar-refractivity contribution < 1.29 is 9.47 Å². The Bertz CT molecular complexity index is 594. The number of ether oxygens (including phenoxy) is 2. The largest absolute Gasteiger partial charge is 0.497 e. The van der Waals surface area contributed by atoms with Crippen molar-refractivity contribution in [3.63, 3.8) is 0 Å². The molecule has 0 bridgehead atoms. The van der Waals surface area contributed by atoms with E-state index in [4.69, 9.17) is 15.2 Å². The number of benzene rings is 1. The summed E-state index contributed by atoms with van der Waals surface area (Å²) in [7, 11) is 3.43. The fourth-order valence-electron chi connectivity index (χ4n) is 3.04. The van der Waals surface area contributed by atoms with E-state index in [-0.39, 0.29) is 12.1 Å². The molecule has 2 unspecified atom stereocenters. The van der Waals surface area contributed by atoms with Gasteiger partial charge in [-0.25, -0.2) is 4.98 Å². The number of nitrogens with zero attached hydrogens (tertiary/aromatic N) is 2. The van der Waals surface area contributed by atoms with Gasteiger partial charge in [-0.3, -0.25) is 0 Å². The van der Waals surface area contributed by atoms with Gasteiger partial charge in [-0.2, -0.15) is 0 Å². The molecule has 0 aliphatic heterocycles. The number of fused-ring (bicyclic) bond motifs is 1. The average Bonchev–Trinajstić information content (AvgIpc) is 3.00. The van der Waals surface area contributed by atoms with Crippen molar-refractivity contribution in [1.82, 2.24) is 9.55 Å². The number of rotatable bonds is 3. The Hall–Kier alpha value is -1.75. The van der Waals surface area contributed by atoms with Crippen LogP contribution in [0.15, 0.2) is 18.2 Å². The number of hydrogen-bond acceptors (Lipinski definition) is 4. The summed E-state index contributed by atoms with van der Waals surface area (Å²) in [5, 5.41) is 0. The molecular formula is C14H19N3O2. The smallest absolute Gasteiger partial charge is 0.201 e. The van der Waals surface area contributed by atoms with Gasteiger partial charge in [-0.1, -0.05) is 0 Å². The number of anilines is 1. The lowest BCUT2D eigenvalue weighted by atomic mass is 10.2. The molecule has 5 nitrogen and oxygen atoms in total. The summed E-state index contributed by atoms with van der Waals surface area (Å²) in [5.74, 6) is 1.37. The normalized spacial score (nSPS) is 23.1. The molecule has 102 valence electrons. The molecule has 1 aromatic heterocycles. The minimum Gasteiger partial charge on any atom is -0.497 e. The van der Waals surface area contributed by atoms with Gasteiger partial charge >= 0.3 is 0 Å². The maximum absolute atomic E-state index is 6.10. The van der Waals surface area contributed by atoms with E-state index in [0.29, 0.717) is 5.95 Å². The lowest BCUT2D eigenvalue weighted by Crippen LogP contribution is -2.21. The number of hydrogen-bond donors (Lipinski definition) is 1. The molecule has 3 rings (SSSR count). The van der Waals surface area contributed by atoms with Gasteiger partial charge in [0.25, 0.3) is 0 Å². The summed E-state index contributed by atoms with van der Waals surface area (Å²) >= 11 is 0. The molecule has 0 amide bonds. The quantitative estimate of drug-likeness (QED) is 0.921. The van der Waals surface area contributed by atoms with Gasteiger partial charge in [0.2, 0.25) is 5.95 Å². The first-order valence-corrected chi connectivity index (χ1v) is 6.59. The Morgan fingerprint density at radius 3 is 2.89 bits per heavy atom. The first kappa shape index (κ1) is 12.3. The minimum absolute atomic E-state index is 0.214. The monoisotopic (exact) mass is 261 g/mol. The van der Waals surface area contributed by atoms with Crippen LogP contribution in [0.5, 0.6) is 5.75 Å².